The fraction of sp³-hybridized carbons (Fsp3) is 0.414. The van der Waals surface area contributed by atoms with E-state index in [9.17, 15) is 24.6 Å². The Morgan fingerprint density at radius 1 is 1.17 bits per heavy atom. The van der Waals surface area contributed by atoms with Gasteiger partial charge in [-0.2, -0.15) is 0 Å². The topological polar surface area (TPSA) is 101 Å². The summed E-state index contributed by atoms with van der Waals surface area (Å²) >= 11 is 0. The fourth-order valence-electron chi connectivity index (χ4n) is 4.90. The van der Waals surface area contributed by atoms with Gasteiger partial charge in [0.1, 0.15) is 28.6 Å². The molecule has 0 aromatic heterocycles. The molecule has 0 saturated carbocycles. The third-order valence-electron chi connectivity index (χ3n) is 6.86. The van der Waals surface area contributed by atoms with Gasteiger partial charge in [0.15, 0.2) is 11.6 Å². The number of carbonyl (C=O) groups is 3. The number of Topliss-reactive ketones (excluding diaryl/α,β-unsaturated/α-hetero) is 2. The highest BCUT2D eigenvalue weighted by molar-refractivity contribution is 6.26. The zero-order valence-corrected chi connectivity index (χ0v) is 21.1. The molecular formula is C29H34O6. The number of aliphatic carboxylic acids is 1. The van der Waals surface area contributed by atoms with Crippen molar-refractivity contribution in [2.75, 3.05) is 0 Å². The molecule has 1 aliphatic heterocycles. The van der Waals surface area contributed by atoms with Gasteiger partial charge < -0.3 is 14.9 Å². The van der Waals surface area contributed by atoms with Crippen molar-refractivity contribution < 1.29 is 29.3 Å². The van der Waals surface area contributed by atoms with Gasteiger partial charge in [-0.15, -0.1) is 6.58 Å². The lowest BCUT2D eigenvalue weighted by Gasteiger charge is -2.42. The van der Waals surface area contributed by atoms with E-state index in [0.717, 1.165) is 11.1 Å². The van der Waals surface area contributed by atoms with Gasteiger partial charge in [0.05, 0.1) is 12.3 Å². The van der Waals surface area contributed by atoms with Gasteiger partial charge in [0.2, 0.25) is 0 Å². The second-order valence-corrected chi connectivity index (χ2v) is 9.98. The van der Waals surface area contributed by atoms with Crippen molar-refractivity contribution >= 4 is 17.5 Å². The van der Waals surface area contributed by atoms with Crippen LogP contribution in [0.15, 0.2) is 76.8 Å². The molecule has 2 aliphatic rings. The number of aliphatic hydroxyl groups is 1. The van der Waals surface area contributed by atoms with E-state index in [1.54, 1.807) is 44.2 Å². The van der Waals surface area contributed by atoms with Gasteiger partial charge >= 0.3 is 5.97 Å². The highest BCUT2D eigenvalue weighted by atomic mass is 16.5. The van der Waals surface area contributed by atoms with E-state index in [1.165, 1.54) is 0 Å². The number of hydrogen-bond acceptors (Lipinski definition) is 5. The zero-order chi connectivity index (χ0) is 26.1. The first-order valence-electron chi connectivity index (χ1n) is 11.9. The van der Waals surface area contributed by atoms with Gasteiger partial charge in [0, 0.05) is 11.5 Å². The van der Waals surface area contributed by atoms with Gasteiger partial charge in [-0.25, -0.2) is 0 Å². The van der Waals surface area contributed by atoms with Gasteiger partial charge in [0.25, 0.3) is 0 Å². The van der Waals surface area contributed by atoms with Crippen LogP contribution in [0.2, 0.25) is 0 Å². The SMILES string of the molecule is C=C(C)CCC1(C=C(C)C)C(=O)C2=C(O[C@H](C)[C@@H](C)C2=O)C(C(CC(=O)O)c2ccccc2)=C1O. The van der Waals surface area contributed by atoms with Crippen molar-refractivity contribution in [1.82, 2.24) is 0 Å². The van der Waals surface area contributed by atoms with E-state index in [0.29, 0.717) is 12.0 Å². The summed E-state index contributed by atoms with van der Waals surface area (Å²) in [7, 11) is 0. The molecule has 0 saturated heterocycles. The first-order valence-corrected chi connectivity index (χ1v) is 11.9. The zero-order valence-electron chi connectivity index (χ0n) is 21.1. The van der Waals surface area contributed by atoms with Crippen LogP contribution in [0.25, 0.3) is 0 Å². The maximum atomic E-state index is 14.1. The lowest BCUT2D eigenvalue weighted by molar-refractivity contribution is -0.137. The molecule has 1 aromatic carbocycles. The normalized spacial score (nSPS) is 25.1. The molecule has 1 aromatic rings. The van der Waals surface area contributed by atoms with E-state index in [-0.39, 0.29) is 41.3 Å². The van der Waals surface area contributed by atoms with Crippen molar-refractivity contribution in [3.63, 3.8) is 0 Å². The second-order valence-electron chi connectivity index (χ2n) is 9.98. The van der Waals surface area contributed by atoms with Crippen molar-refractivity contribution in [3.8, 4) is 0 Å². The number of aliphatic hydroxyl groups excluding tert-OH is 1. The Labute approximate surface area is 206 Å². The van der Waals surface area contributed by atoms with Crippen molar-refractivity contribution in [1.29, 1.82) is 0 Å². The van der Waals surface area contributed by atoms with Crippen LogP contribution in [0.4, 0.5) is 0 Å². The van der Waals surface area contributed by atoms with E-state index in [1.807, 2.05) is 26.8 Å². The summed E-state index contributed by atoms with van der Waals surface area (Å²) in [5, 5.41) is 21.7. The molecule has 2 unspecified atom stereocenters. The lowest BCUT2D eigenvalue weighted by Crippen LogP contribution is -2.46. The molecule has 186 valence electrons. The Hall–Kier alpha value is -3.41. The summed E-state index contributed by atoms with van der Waals surface area (Å²) in [5.41, 5.74) is 0.845. The van der Waals surface area contributed by atoms with Crippen molar-refractivity contribution in [2.24, 2.45) is 11.3 Å². The molecule has 0 bridgehead atoms. The second kappa shape index (κ2) is 10.1. The lowest BCUT2D eigenvalue weighted by atomic mass is 9.64. The average molecular weight is 479 g/mol. The van der Waals surface area contributed by atoms with Gasteiger partial charge in [-0.1, -0.05) is 54.5 Å². The Morgan fingerprint density at radius 3 is 2.34 bits per heavy atom. The van der Waals surface area contributed by atoms with Crippen LogP contribution < -0.4 is 0 Å². The Bertz CT molecular complexity index is 1150. The third kappa shape index (κ3) is 4.88. The smallest absolute Gasteiger partial charge is 0.304 e. The predicted octanol–water partition coefficient (Wildman–Crippen LogP) is 5.83. The third-order valence-corrected chi connectivity index (χ3v) is 6.86. The molecule has 1 aliphatic carbocycles. The molecule has 3 rings (SSSR count). The Balaban J connectivity index is 2.42. The molecule has 0 spiro atoms. The number of rotatable bonds is 8. The quantitative estimate of drug-likeness (QED) is 0.360. The van der Waals surface area contributed by atoms with Crippen LogP contribution in [0.3, 0.4) is 0 Å². The molecular weight excluding hydrogens is 444 g/mol. The number of ether oxygens (including phenoxy) is 1. The maximum Gasteiger partial charge on any atom is 0.304 e. The van der Waals surface area contributed by atoms with Crippen LogP contribution in [0, 0.1) is 11.3 Å². The predicted molar refractivity (Wildman–Crippen MR) is 134 cm³/mol. The first-order chi connectivity index (χ1) is 16.4. The Morgan fingerprint density at radius 2 is 1.80 bits per heavy atom. The number of benzene rings is 1. The van der Waals surface area contributed by atoms with Crippen LogP contribution >= 0.6 is 0 Å². The molecule has 4 atom stereocenters. The molecule has 2 N–H and O–H groups in total. The molecule has 0 fully saturated rings. The van der Waals surface area contributed by atoms with Crippen molar-refractivity contribution in [2.45, 2.75) is 65.9 Å². The van der Waals surface area contributed by atoms with E-state index in [4.69, 9.17) is 4.74 Å². The molecule has 0 amide bonds. The number of allylic oxidation sites excluding steroid dienone is 5. The number of carbonyl (C=O) groups excluding carboxylic acids is 2. The summed E-state index contributed by atoms with van der Waals surface area (Å²) in [5.74, 6) is -3.56. The summed E-state index contributed by atoms with van der Waals surface area (Å²) < 4.78 is 6.12. The number of hydrogen-bond donors (Lipinski definition) is 2. The standard InChI is InChI=1S/C29H34O6/c1-16(2)12-13-29(15-17(3)4)27(33)23(21(14-22(30)31)20-10-8-7-9-11-20)26-24(28(29)34)25(32)18(5)19(6)35-26/h7-11,15,18-19,21,33H,1,12-14H2,2-6H3,(H,30,31)/t18-,19-,21?,29?/m1/s1. The Kier molecular flexibility index (Phi) is 7.53. The molecule has 6 heteroatoms. The van der Waals surface area contributed by atoms with Crippen LogP contribution in [-0.4, -0.2) is 33.9 Å². The van der Waals surface area contributed by atoms with E-state index >= 15 is 0 Å². The maximum absolute atomic E-state index is 14.1. The first kappa shape index (κ1) is 26.2. The molecule has 6 nitrogen and oxygen atoms in total. The monoisotopic (exact) mass is 478 g/mol. The highest BCUT2D eigenvalue weighted by Gasteiger charge is 2.54. The number of carboxylic acid groups (broad SMARTS) is 1. The van der Waals surface area contributed by atoms with Gasteiger partial charge in [-0.05, 0) is 46.1 Å². The van der Waals surface area contributed by atoms with E-state index < -0.39 is 35.1 Å². The molecule has 0 radical (unpaired) electrons. The van der Waals surface area contributed by atoms with Crippen LogP contribution in [0.5, 0.6) is 0 Å². The summed E-state index contributed by atoms with van der Waals surface area (Å²) in [6, 6.07) is 8.94. The summed E-state index contributed by atoms with van der Waals surface area (Å²) in [6.45, 7) is 12.9. The van der Waals surface area contributed by atoms with Gasteiger partial charge in [-0.3, -0.25) is 14.4 Å². The molecule has 1 heterocycles. The number of ketones is 2. The minimum atomic E-state index is -1.52. The average Bonchev–Trinajstić information content (AvgIpc) is 2.78. The summed E-state index contributed by atoms with van der Waals surface area (Å²) in [6.07, 6.45) is 1.44. The van der Waals surface area contributed by atoms with Crippen LogP contribution in [0.1, 0.15) is 65.4 Å². The highest BCUT2D eigenvalue weighted by Crippen LogP contribution is 2.52. The molecule has 35 heavy (non-hydrogen) atoms. The van der Waals surface area contributed by atoms with E-state index in [2.05, 4.69) is 6.58 Å². The number of carboxylic acids is 1. The van der Waals surface area contributed by atoms with Crippen molar-refractivity contribution in [3.05, 3.63) is 82.4 Å². The largest absolute Gasteiger partial charge is 0.510 e. The summed E-state index contributed by atoms with van der Waals surface area (Å²) in [4.78, 5) is 39.6. The van der Waals surface area contributed by atoms with Crippen LogP contribution in [-0.2, 0) is 19.1 Å². The minimum absolute atomic E-state index is 0.00584. The fourth-order valence-corrected chi connectivity index (χ4v) is 4.90. The minimum Gasteiger partial charge on any atom is -0.510 e.